The van der Waals surface area contributed by atoms with E-state index in [0.717, 1.165) is 31.9 Å². The van der Waals surface area contributed by atoms with E-state index in [1.807, 2.05) is 0 Å². The van der Waals surface area contributed by atoms with Crippen LogP contribution in [0.25, 0.3) is 0 Å². The van der Waals surface area contributed by atoms with Crippen molar-refractivity contribution in [2.24, 2.45) is 0 Å². The maximum atomic E-state index is 5.58. The number of aryl methyl sites for hydroxylation is 1. The van der Waals surface area contributed by atoms with Crippen LogP contribution in [0.4, 0.5) is 0 Å². The third-order valence-electron chi connectivity index (χ3n) is 2.26. The highest BCUT2D eigenvalue weighted by molar-refractivity contribution is 5.27. The average molecular weight is 207 g/mol. The Morgan fingerprint density at radius 2 is 1.87 bits per heavy atom. The molecule has 0 saturated heterocycles. The molecule has 0 spiro atoms. The molecule has 0 radical (unpaired) electrons. The predicted octanol–water partition coefficient (Wildman–Crippen LogP) is 2.63. The summed E-state index contributed by atoms with van der Waals surface area (Å²) in [6.07, 6.45) is 2.35. The summed E-state index contributed by atoms with van der Waals surface area (Å²) < 4.78 is 5.58. The fourth-order valence-electron chi connectivity index (χ4n) is 1.46. The van der Waals surface area contributed by atoms with Gasteiger partial charge in [0, 0.05) is 6.54 Å². The average Bonchev–Trinajstić information content (AvgIpc) is 2.27. The highest BCUT2D eigenvalue weighted by Crippen LogP contribution is 2.12. The lowest BCUT2D eigenvalue weighted by Crippen LogP contribution is -2.20. The van der Waals surface area contributed by atoms with Crippen molar-refractivity contribution in [1.29, 1.82) is 0 Å². The molecular weight excluding hydrogens is 186 g/mol. The molecule has 1 aromatic rings. The molecule has 0 aliphatic heterocycles. The Hall–Kier alpha value is -1.02. The molecule has 15 heavy (non-hydrogen) atoms. The minimum atomic E-state index is 0.737. The number of likely N-dealkylation sites (N-methyl/N-ethyl adjacent to an activating group) is 1. The Balaban J connectivity index is 2.29. The van der Waals surface area contributed by atoms with E-state index in [1.165, 1.54) is 12.0 Å². The molecule has 0 saturated carbocycles. The van der Waals surface area contributed by atoms with Crippen molar-refractivity contribution in [2.75, 3.05) is 19.7 Å². The first-order valence-corrected chi connectivity index (χ1v) is 5.79. The summed E-state index contributed by atoms with van der Waals surface area (Å²) >= 11 is 0. The van der Waals surface area contributed by atoms with Gasteiger partial charge in [0.2, 0.25) is 0 Å². The minimum absolute atomic E-state index is 0.737. The summed E-state index contributed by atoms with van der Waals surface area (Å²) in [4.78, 5) is 0. The summed E-state index contributed by atoms with van der Waals surface area (Å²) in [5.41, 5.74) is 1.39. The zero-order valence-corrected chi connectivity index (χ0v) is 9.75. The molecule has 0 atom stereocenters. The molecule has 0 aliphatic rings. The second-order valence-corrected chi connectivity index (χ2v) is 3.60. The van der Waals surface area contributed by atoms with Crippen molar-refractivity contribution in [3.63, 3.8) is 0 Å². The zero-order valence-electron chi connectivity index (χ0n) is 9.75. The van der Waals surface area contributed by atoms with E-state index in [4.69, 9.17) is 4.74 Å². The summed E-state index contributed by atoms with van der Waals surface area (Å²) in [5.74, 6) is 0.966. The minimum Gasteiger partial charge on any atom is -0.492 e. The van der Waals surface area contributed by atoms with Crippen LogP contribution in [0.2, 0.25) is 0 Å². The van der Waals surface area contributed by atoms with Crippen molar-refractivity contribution < 1.29 is 4.74 Å². The summed E-state index contributed by atoms with van der Waals surface area (Å²) in [6, 6.07) is 8.39. The Kier molecular flexibility index (Phi) is 5.86. The van der Waals surface area contributed by atoms with Gasteiger partial charge in [0.25, 0.3) is 0 Å². The molecule has 2 nitrogen and oxygen atoms in total. The van der Waals surface area contributed by atoms with Crippen molar-refractivity contribution in [3.8, 4) is 5.75 Å². The molecule has 0 bridgehead atoms. The molecule has 1 N–H and O–H groups in total. The molecule has 0 fully saturated rings. The molecule has 1 rings (SSSR count). The van der Waals surface area contributed by atoms with Crippen LogP contribution in [0.15, 0.2) is 24.3 Å². The van der Waals surface area contributed by atoms with Gasteiger partial charge in [0.05, 0.1) is 0 Å². The third-order valence-corrected chi connectivity index (χ3v) is 2.26. The van der Waals surface area contributed by atoms with E-state index in [9.17, 15) is 0 Å². The van der Waals surface area contributed by atoms with Crippen LogP contribution in [0.3, 0.4) is 0 Å². The largest absolute Gasteiger partial charge is 0.492 e. The molecule has 1 aromatic carbocycles. The maximum Gasteiger partial charge on any atom is 0.119 e. The van der Waals surface area contributed by atoms with Gasteiger partial charge in [0.15, 0.2) is 0 Å². The van der Waals surface area contributed by atoms with E-state index < -0.39 is 0 Å². The number of nitrogens with one attached hydrogen (secondary N) is 1. The second kappa shape index (κ2) is 7.30. The highest BCUT2D eigenvalue weighted by Gasteiger charge is 1.94. The molecule has 0 unspecified atom stereocenters. The van der Waals surface area contributed by atoms with E-state index in [1.54, 1.807) is 0 Å². The normalized spacial score (nSPS) is 10.3. The van der Waals surface area contributed by atoms with Gasteiger partial charge in [-0.3, -0.25) is 0 Å². The topological polar surface area (TPSA) is 21.3 Å². The molecule has 0 heterocycles. The Labute approximate surface area is 92.6 Å². The lowest BCUT2D eigenvalue weighted by Gasteiger charge is -2.07. The maximum absolute atomic E-state index is 5.58. The standard InChI is InChI=1S/C13H21NO/c1-3-5-12-6-8-13(9-7-12)15-11-10-14-4-2/h6-9,14H,3-5,10-11H2,1-2H3. The van der Waals surface area contributed by atoms with Crippen molar-refractivity contribution in [3.05, 3.63) is 29.8 Å². The van der Waals surface area contributed by atoms with Crippen LogP contribution >= 0.6 is 0 Å². The van der Waals surface area contributed by atoms with Crippen LogP contribution < -0.4 is 10.1 Å². The second-order valence-electron chi connectivity index (χ2n) is 3.60. The molecule has 0 aliphatic carbocycles. The Morgan fingerprint density at radius 3 is 2.47 bits per heavy atom. The van der Waals surface area contributed by atoms with E-state index in [-0.39, 0.29) is 0 Å². The van der Waals surface area contributed by atoms with Gasteiger partial charge in [-0.2, -0.15) is 0 Å². The number of rotatable bonds is 7. The first kappa shape index (κ1) is 12.1. The lowest BCUT2D eigenvalue weighted by molar-refractivity contribution is 0.315. The van der Waals surface area contributed by atoms with Gasteiger partial charge < -0.3 is 10.1 Å². The smallest absolute Gasteiger partial charge is 0.119 e. The van der Waals surface area contributed by atoms with Gasteiger partial charge >= 0.3 is 0 Å². The quantitative estimate of drug-likeness (QED) is 0.694. The van der Waals surface area contributed by atoms with Gasteiger partial charge in [-0.25, -0.2) is 0 Å². The number of hydrogen-bond donors (Lipinski definition) is 1. The third kappa shape index (κ3) is 4.84. The van der Waals surface area contributed by atoms with Crippen LogP contribution in [-0.4, -0.2) is 19.7 Å². The number of benzene rings is 1. The van der Waals surface area contributed by atoms with Gasteiger partial charge in [0.1, 0.15) is 12.4 Å². The summed E-state index contributed by atoms with van der Waals surface area (Å²) in [7, 11) is 0. The van der Waals surface area contributed by atoms with Crippen LogP contribution in [0, 0.1) is 0 Å². The lowest BCUT2D eigenvalue weighted by atomic mass is 10.1. The summed E-state index contributed by atoms with van der Waals surface area (Å²) in [6.45, 7) is 6.94. The van der Waals surface area contributed by atoms with Crippen molar-refractivity contribution >= 4 is 0 Å². The van der Waals surface area contributed by atoms with Crippen LogP contribution in [-0.2, 0) is 6.42 Å². The molecule has 0 aromatic heterocycles. The van der Waals surface area contributed by atoms with E-state index >= 15 is 0 Å². The number of hydrogen-bond acceptors (Lipinski definition) is 2. The monoisotopic (exact) mass is 207 g/mol. The zero-order chi connectivity index (χ0) is 10.9. The van der Waals surface area contributed by atoms with E-state index in [2.05, 4.69) is 43.4 Å². The molecule has 84 valence electrons. The molecular formula is C13H21NO. The van der Waals surface area contributed by atoms with Gasteiger partial charge in [-0.1, -0.05) is 32.4 Å². The van der Waals surface area contributed by atoms with Crippen molar-refractivity contribution in [1.82, 2.24) is 5.32 Å². The Morgan fingerprint density at radius 1 is 1.13 bits per heavy atom. The molecule has 0 amide bonds. The number of ether oxygens (including phenoxy) is 1. The van der Waals surface area contributed by atoms with E-state index in [0.29, 0.717) is 0 Å². The predicted molar refractivity (Wildman–Crippen MR) is 64.5 cm³/mol. The SMILES string of the molecule is CCCc1ccc(OCCNCC)cc1. The first-order valence-electron chi connectivity index (χ1n) is 5.79. The summed E-state index contributed by atoms with van der Waals surface area (Å²) in [5, 5.41) is 3.23. The van der Waals surface area contributed by atoms with Crippen LogP contribution in [0.5, 0.6) is 5.75 Å². The van der Waals surface area contributed by atoms with Crippen LogP contribution in [0.1, 0.15) is 25.8 Å². The van der Waals surface area contributed by atoms with Gasteiger partial charge in [-0.05, 0) is 30.7 Å². The fourth-order valence-corrected chi connectivity index (χ4v) is 1.46. The Bertz CT molecular complexity index is 256. The molecule has 2 heteroatoms. The first-order chi connectivity index (χ1) is 7.36. The van der Waals surface area contributed by atoms with Crippen molar-refractivity contribution in [2.45, 2.75) is 26.7 Å². The highest BCUT2D eigenvalue weighted by atomic mass is 16.5. The van der Waals surface area contributed by atoms with Gasteiger partial charge in [-0.15, -0.1) is 0 Å². The fraction of sp³-hybridized carbons (Fsp3) is 0.538.